The van der Waals surface area contributed by atoms with Crippen molar-refractivity contribution in [2.45, 2.75) is 19.6 Å². The molecule has 1 fully saturated rings. The molecule has 2 aliphatic rings. The number of rotatable bonds is 4. The molecule has 0 radical (unpaired) electrons. The molecular weight excluding hydrogens is 320 g/mol. The van der Waals surface area contributed by atoms with E-state index in [4.69, 9.17) is 4.74 Å². The van der Waals surface area contributed by atoms with Crippen LogP contribution in [0.5, 0.6) is 0 Å². The van der Waals surface area contributed by atoms with Crippen LogP contribution in [0.25, 0.3) is 0 Å². The van der Waals surface area contributed by atoms with Crippen molar-refractivity contribution in [3.63, 3.8) is 0 Å². The van der Waals surface area contributed by atoms with Crippen LogP contribution in [0.15, 0.2) is 24.3 Å². The number of fused-ring (bicyclic) bond motifs is 1. The molecule has 23 heavy (non-hydrogen) atoms. The minimum Gasteiger partial charge on any atom is -0.362 e. The quantitative estimate of drug-likeness (QED) is 0.754. The second-order valence-electron chi connectivity index (χ2n) is 5.56. The molecular formula is C15H18N2O5S. The predicted octanol–water partition coefficient (Wildman–Crippen LogP) is 0.681. The molecule has 3 rings (SSSR count). The third-order valence-electron chi connectivity index (χ3n) is 4.10. The fourth-order valence-electron chi connectivity index (χ4n) is 2.87. The lowest BCUT2D eigenvalue weighted by Crippen LogP contribution is -2.47. The van der Waals surface area contributed by atoms with E-state index in [2.05, 4.69) is 0 Å². The zero-order valence-corrected chi connectivity index (χ0v) is 13.6. The zero-order chi connectivity index (χ0) is 16.6. The summed E-state index contributed by atoms with van der Waals surface area (Å²) < 4.78 is 31.5. The van der Waals surface area contributed by atoms with Crippen molar-refractivity contribution < 1.29 is 22.7 Å². The van der Waals surface area contributed by atoms with Crippen molar-refractivity contribution in [1.82, 2.24) is 9.21 Å². The summed E-state index contributed by atoms with van der Waals surface area (Å²) in [6.07, 6.45) is 0.118. The molecule has 2 aliphatic heterocycles. The smallest absolute Gasteiger partial charge is 0.261 e. The van der Waals surface area contributed by atoms with E-state index in [1.165, 1.54) is 4.31 Å². The Bertz CT molecular complexity index is 711. The van der Waals surface area contributed by atoms with Gasteiger partial charge in [-0.05, 0) is 25.5 Å². The topological polar surface area (TPSA) is 84.0 Å². The first-order chi connectivity index (χ1) is 10.9. The number of amides is 2. The summed E-state index contributed by atoms with van der Waals surface area (Å²) in [5.74, 6) is -1.18. The standard InChI is InChI=1S/C15H18N2O5S/c1-11-17(7-4-9-22-11)23(20,21)10-8-16-14(18)12-5-2-3-6-13(12)15(16)19/h2-3,5-6,11H,4,7-10H2,1H3. The molecule has 2 amide bonds. The van der Waals surface area contributed by atoms with Gasteiger partial charge in [0, 0.05) is 19.7 Å². The first-order valence-corrected chi connectivity index (χ1v) is 9.09. The fraction of sp³-hybridized carbons (Fsp3) is 0.467. The molecule has 1 aromatic rings. The van der Waals surface area contributed by atoms with Crippen molar-refractivity contribution in [3.8, 4) is 0 Å². The Hall–Kier alpha value is -1.77. The van der Waals surface area contributed by atoms with Gasteiger partial charge >= 0.3 is 0 Å². The summed E-state index contributed by atoms with van der Waals surface area (Å²) in [5, 5.41) is 0. The van der Waals surface area contributed by atoms with Crippen molar-refractivity contribution in [2.24, 2.45) is 0 Å². The second kappa shape index (κ2) is 6.03. The number of nitrogens with zero attached hydrogens (tertiary/aromatic N) is 2. The number of hydrogen-bond donors (Lipinski definition) is 0. The van der Waals surface area contributed by atoms with Crippen LogP contribution >= 0.6 is 0 Å². The zero-order valence-electron chi connectivity index (χ0n) is 12.8. The third kappa shape index (κ3) is 2.89. The molecule has 7 nitrogen and oxygen atoms in total. The Labute approximate surface area is 134 Å². The monoisotopic (exact) mass is 338 g/mol. The molecule has 1 unspecified atom stereocenters. The van der Waals surface area contributed by atoms with Crippen LogP contribution in [0, 0.1) is 0 Å². The van der Waals surface area contributed by atoms with E-state index in [1.54, 1.807) is 31.2 Å². The molecule has 1 aromatic carbocycles. The number of benzene rings is 1. The second-order valence-corrected chi connectivity index (χ2v) is 7.60. The molecule has 2 heterocycles. The van der Waals surface area contributed by atoms with Crippen LogP contribution in [0.4, 0.5) is 0 Å². The average Bonchev–Trinajstić information content (AvgIpc) is 2.78. The Morgan fingerprint density at radius 1 is 1.17 bits per heavy atom. The molecule has 1 atom stereocenters. The maximum atomic E-state index is 12.4. The Kier molecular flexibility index (Phi) is 4.22. The lowest BCUT2D eigenvalue weighted by molar-refractivity contribution is -0.0410. The third-order valence-corrected chi connectivity index (χ3v) is 5.99. The number of hydrogen-bond acceptors (Lipinski definition) is 5. The highest BCUT2D eigenvalue weighted by Gasteiger charge is 2.37. The first-order valence-electron chi connectivity index (χ1n) is 7.48. The summed E-state index contributed by atoms with van der Waals surface area (Å²) in [4.78, 5) is 25.5. The summed E-state index contributed by atoms with van der Waals surface area (Å²) in [6.45, 7) is 2.45. The Morgan fingerprint density at radius 3 is 2.35 bits per heavy atom. The lowest BCUT2D eigenvalue weighted by Gasteiger charge is -2.32. The Morgan fingerprint density at radius 2 is 1.78 bits per heavy atom. The van der Waals surface area contributed by atoms with E-state index in [-0.39, 0.29) is 12.3 Å². The van der Waals surface area contributed by atoms with Crippen LogP contribution < -0.4 is 0 Å². The van der Waals surface area contributed by atoms with E-state index in [9.17, 15) is 18.0 Å². The summed E-state index contributed by atoms with van der Waals surface area (Å²) in [7, 11) is -3.59. The van der Waals surface area contributed by atoms with Gasteiger partial charge in [0.05, 0.1) is 16.9 Å². The first kappa shape index (κ1) is 16.1. The van der Waals surface area contributed by atoms with Gasteiger partial charge < -0.3 is 4.74 Å². The maximum absolute atomic E-state index is 12.4. The van der Waals surface area contributed by atoms with Crippen molar-refractivity contribution >= 4 is 21.8 Å². The van der Waals surface area contributed by atoms with Gasteiger partial charge in [0.15, 0.2) is 0 Å². The van der Waals surface area contributed by atoms with Gasteiger partial charge in [0.25, 0.3) is 11.8 Å². The Balaban J connectivity index is 1.72. The van der Waals surface area contributed by atoms with E-state index in [0.717, 1.165) is 4.90 Å². The van der Waals surface area contributed by atoms with E-state index in [0.29, 0.717) is 30.7 Å². The minimum atomic E-state index is -3.59. The largest absolute Gasteiger partial charge is 0.362 e. The van der Waals surface area contributed by atoms with Crippen LogP contribution in [0.3, 0.4) is 0 Å². The number of carbonyl (C=O) groups is 2. The highest BCUT2D eigenvalue weighted by atomic mass is 32.2. The molecule has 0 N–H and O–H groups in total. The number of carbonyl (C=O) groups excluding carboxylic acids is 2. The maximum Gasteiger partial charge on any atom is 0.261 e. The molecule has 0 spiro atoms. The molecule has 0 aliphatic carbocycles. The number of sulfonamides is 1. The van der Waals surface area contributed by atoms with Crippen LogP contribution in [-0.2, 0) is 14.8 Å². The van der Waals surface area contributed by atoms with Gasteiger partial charge in [-0.25, -0.2) is 8.42 Å². The van der Waals surface area contributed by atoms with Crippen LogP contribution in [-0.4, -0.2) is 61.1 Å². The van der Waals surface area contributed by atoms with Gasteiger partial charge in [0.2, 0.25) is 10.0 Å². The summed E-state index contributed by atoms with van der Waals surface area (Å²) in [6, 6.07) is 6.50. The number of ether oxygens (including phenoxy) is 1. The lowest BCUT2D eigenvalue weighted by atomic mass is 10.1. The summed E-state index contributed by atoms with van der Waals surface area (Å²) >= 11 is 0. The summed E-state index contributed by atoms with van der Waals surface area (Å²) in [5.41, 5.74) is 0.647. The molecule has 8 heteroatoms. The van der Waals surface area contributed by atoms with E-state index < -0.39 is 28.1 Å². The van der Waals surface area contributed by atoms with Gasteiger partial charge in [-0.15, -0.1) is 0 Å². The SMILES string of the molecule is CC1OCCCN1S(=O)(=O)CCN1C(=O)c2ccccc2C1=O. The number of imide groups is 1. The van der Waals surface area contributed by atoms with Crippen LogP contribution in [0.1, 0.15) is 34.1 Å². The molecule has 0 aromatic heterocycles. The molecule has 0 bridgehead atoms. The van der Waals surface area contributed by atoms with Crippen molar-refractivity contribution in [3.05, 3.63) is 35.4 Å². The van der Waals surface area contributed by atoms with E-state index in [1.807, 2.05) is 0 Å². The highest BCUT2D eigenvalue weighted by Crippen LogP contribution is 2.23. The van der Waals surface area contributed by atoms with Crippen LogP contribution in [0.2, 0.25) is 0 Å². The van der Waals surface area contributed by atoms with Gasteiger partial charge in [-0.3, -0.25) is 14.5 Å². The average molecular weight is 338 g/mol. The molecule has 0 saturated carbocycles. The van der Waals surface area contributed by atoms with Gasteiger partial charge in [0.1, 0.15) is 6.23 Å². The molecule has 124 valence electrons. The minimum absolute atomic E-state index is 0.155. The fourth-order valence-corrected chi connectivity index (χ4v) is 4.44. The highest BCUT2D eigenvalue weighted by molar-refractivity contribution is 7.89. The predicted molar refractivity (Wildman–Crippen MR) is 82.3 cm³/mol. The van der Waals surface area contributed by atoms with Gasteiger partial charge in [-0.2, -0.15) is 4.31 Å². The van der Waals surface area contributed by atoms with E-state index >= 15 is 0 Å². The van der Waals surface area contributed by atoms with Crippen molar-refractivity contribution in [2.75, 3.05) is 25.4 Å². The molecule has 1 saturated heterocycles. The van der Waals surface area contributed by atoms with Gasteiger partial charge in [-0.1, -0.05) is 12.1 Å². The normalized spacial score (nSPS) is 22.5. The van der Waals surface area contributed by atoms with Crippen molar-refractivity contribution in [1.29, 1.82) is 0 Å².